The molecule has 0 aromatic carbocycles. The van der Waals surface area contributed by atoms with E-state index >= 15 is 0 Å². The van der Waals surface area contributed by atoms with Crippen molar-refractivity contribution < 1.29 is 23.7 Å². The van der Waals surface area contributed by atoms with Crippen LogP contribution in [0.3, 0.4) is 0 Å². The minimum atomic E-state index is -1.32. The fourth-order valence-electron chi connectivity index (χ4n) is 2.77. The molecule has 2 rings (SSSR count). The van der Waals surface area contributed by atoms with E-state index in [4.69, 9.17) is 18.9 Å². The first-order valence-electron chi connectivity index (χ1n) is 6.98. The molecule has 5 nitrogen and oxygen atoms in total. The molecule has 0 atom stereocenters. The highest BCUT2D eigenvalue weighted by atomic mass is 16.9. The molecule has 0 aromatic heterocycles. The number of ether oxygens (including phenoxy) is 4. The van der Waals surface area contributed by atoms with E-state index in [1.54, 1.807) is 0 Å². The van der Waals surface area contributed by atoms with E-state index in [1.165, 1.54) is 40.2 Å². The first-order chi connectivity index (χ1) is 9.66. The second-order valence-electron chi connectivity index (χ2n) is 4.96. The van der Waals surface area contributed by atoms with Crippen LogP contribution in [-0.4, -0.2) is 33.3 Å². The molecule has 0 fully saturated rings. The third-order valence-electron chi connectivity index (χ3n) is 3.83. The van der Waals surface area contributed by atoms with Gasteiger partial charge in [-0.05, 0) is 19.3 Å². The second kappa shape index (κ2) is 6.41. The highest BCUT2D eigenvalue weighted by molar-refractivity contribution is 5.84. The number of carbonyl (C=O) groups excluding carboxylic acids is 1. The molecule has 0 bridgehead atoms. The van der Waals surface area contributed by atoms with E-state index in [2.05, 4.69) is 0 Å². The molecule has 2 aliphatic rings. The molecule has 0 unspecified atom stereocenters. The molecule has 0 saturated carbocycles. The van der Waals surface area contributed by atoms with Gasteiger partial charge in [0.2, 0.25) is 0 Å². The molecular weight excluding hydrogens is 260 g/mol. The van der Waals surface area contributed by atoms with Crippen LogP contribution in [0.4, 0.5) is 0 Å². The second-order valence-corrected chi connectivity index (χ2v) is 4.96. The zero-order valence-electron chi connectivity index (χ0n) is 12.4. The molecule has 1 heterocycles. The van der Waals surface area contributed by atoms with Crippen molar-refractivity contribution in [2.75, 3.05) is 21.3 Å². The number of hydrogen-bond acceptors (Lipinski definition) is 5. The van der Waals surface area contributed by atoms with Crippen LogP contribution in [0.25, 0.3) is 0 Å². The maximum absolute atomic E-state index is 11.6. The first-order valence-corrected chi connectivity index (χ1v) is 6.98. The van der Waals surface area contributed by atoms with Crippen molar-refractivity contribution in [3.8, 4) is 0 Å². The summed E-state index contributed by atoms with van der Waals surface area (Å²) >= 11 is 0. The highest BCUT2D eigenvalue weighted by Gasteiger charge is 2.47. The molecule has 0 aromatic rings. The number of methoxy groups -OCH3 is 3. The number of rotatable bonds is 3. The molecule has 112 valence electrons. The summed E-state index contributed by atoms with van der Waals surface area (Å²) in [6.45, 7) is 0. The summed E-state index contributed by atoms with van der Waals surface area (Å²) in [6.07, 6.45) is 7.67. The summed E-state index contributed by atoms with van der Waals surface area (Å²) < 4.78 is 21.5. The lowest BCUT2D eigenvalue weighted by Crippen LogP contribution is -2.36. The van der Waals surface area contributed by atoms with Gasteiger partial charge in [-0.25, -0.2) is 4.79 Å². The van der Waals surface area contributed by atoms with Crippen molar-refractivity contribution >= 4 is 5.97 Å². The Hall–Kier alpha value is -1.33. The zero-order valence-corrected chi connectivity index (χ0v) is 12.4. The van der Waals surface area contributed by atoms with Crippen molar-refractivity contribution in [3.63, 3.8) is 0 Å². The lowest BCUT2D eigenvalue weighted by Gasteiger charge is -2.27. The Bertz CT molecular complexity index is 432. The normalized spacial score (nSPS) is 23.9. The van der Waals surface area contributed by atoms with Gasteiger partial charge < -0.3 is 18.9 Å². The number of esters is 1. The summed E-state index contributed by atoms with van der Waals surface area (Å²) in [4.78, 5) is 11.6. The topological polar surface area (TPSA) is 54.0 Å². The predicted molar refractivity (Wildman–Crippen MR) is 72.7 cm³/mol. The Kier molecular flexibility index (Phi) is 4.83. The molecule has 1 aliphatic heterocycles. The summed E-state index contributed by atoms with van der Waals surface area (Å²) in [5.41, 5.74) is 1.66. The van der Waals surface area contributed by atoms with Crippen molar-refractivity contribution in [3.05, 3.63) is 23.0 Å². The van der Waals surface area contributed by atoms with Crippen molar-refractivity contribution in [1.82, 2.24) is 0 Å². The van der Waals surface area contributed by atoms with E-state index in [1.807, 2.05) is 0 Å². The van der Waals surface area contributed by atoms with Crippen molar-refractivity contribution in [2.24, 2.45) is 0 Å². The predicted octanol–water partition coefficient (Wildman–Crippen LogP) is 2.67. The van der Waals surface area contributed by atoms with Crippen molar-refractivity contribution in [1.29, 1.82) is 0 Å². The minimum Gasteiger partial charge on any atom is -0.466 e. The lowest BCUT2D eigenvalue weighted by atomic mass is 9.94. The van der Waals surface area contributed by atoms with Crippen molar-refractivity contribution in [2.45, 2.75) is 44.5 Å². The van der Waals surface area contributed by atoms with Crippen LogP contribution in [0.5, 0.6) is 0 Å². The first kappa shape index (κ1) is 15.1. The quantitative estimate of drug-likeness (QED) is 0.452. The van der Waals surface area contributed by atoms with Crippen LogP contribution in [-0.2, 0) is 23.7 Å². The van der Waals surface area contributed by atoms with E-state index in [0.29, 0.717) is 5.57 Å². The van der Waals surface area contributed by atoms with E-state index in [-0.39, 0.29) is 0 Å². The molecule has 0 radical (unpaired) electrons. The van der Waals surface area contributed by atoms with Gasteiger partial charge in [0, 0.05) is 32.3 Å². The van der Waals surface area contributed by atoms with Crippen LogP contribution < -0.4 is 0 Å². The smallest absolute Gasteiger partial charge is 0.356 e. The monoisotopic (exact) mass is 282 g/mol. The van der Waals surface area contributed by atoms with Gasteiger partial charge in [0.1, 0.15) is 5.76 Å². The Morgan fingerprint density at radius 3 is 2.35 bits per heavy atom. The third kappa shape index (κ3) is 2.74. The fraction of sp³-hybridized carbons (Fsp3) is 0.667. The summed E-state index contributed by atoms with van der Waals surface area (Å²) in [5.74, 6) is -0.870. The van der Waals surface area contributed by atoms with Crippen LogP contribution in [0, 0.1) is 0 Å². The van der Waals surface area contributed by atoms with Crippen LogP contribution in [0.2, 0.25) is 0 Å². The van der Waals surface area contributed by atoms with Gasteiger partial charge in [0.15, 0.2) is 0 Å². The Morgan fingerprint density at radius 1 is 1.10 bits per heavy atom. The van der Waals surface area contributed by atoms with Gasteiger partial charge in [-0.1, -0.05) is 12.8 Å². The van der Waals surface area contributed by atoms with Gasteiger partial charge >= 0.3 is 11.9 Å². The van der Waals surface area contributed by atoms with E-state index in [9.17, 15) is 4.79 Å². The molecule has 5 heteroatoms. The van der Waals surface area contributed by atoms with E-state index in [0.717, 1.165) is 37.0 Å². The number of carbonyl (C=O) groups is 1. The Morgan fingerprint density at radius 2 is 1.75 bits per heavy atom. The Balaban J connectivity index is 2.41. The standard InChI is InChI=1S/C15H22O5/c1-17-14(16)10-12-11-8-6-4-5-7-9-13(11)20-15(12,18-2)19-3/h10H,4-9H2,1-3H3/b12-10+. The third-order valence-corrected chi connectivity index (χ3v) is 3.83. The van der Waals surface area contributed by atoms with Gasteiger partial charge in [0.05, 0.1) is 12.7 Å². The van der Waals surface area contributed by atoms with Crippen LogP contribution in [0.15, 0.2) is 23.0 Å². The number of allylic oxidation sites excluding steroid dienone is 1. The average Bonchev–Trinajstić information content (AvgIpc) is 2.72. The molecule has 0 N–H and O–H groups in total. The van der Waals surface area contributed by atoms with Gasteiger partial charge in [-0.15, -0.1) is 0 Å². The molecule has 0 spiro atoms. The molecule has 20 heavy (non-hydrogen) atoms. The lowest BCUT2D eigenvalue weighted by molar-refractivity contribution is -0.312. The fourth-order valence-corrected chi connectivity index (χ4v) is 2.77. The summed E-state index contributed by atoms with van der Waals surface area (Å²) in [7, 11) is 4.37. The number of hydrogen-bond donors (Lipinski definition) is 0. The molecule has 1 aliphatic carbocycles. The van der Waals surface area contributed by atoms with Gasteiger partial charge in [-0.2, -0.15) is 0 Å². The maximum atomic E-state index is 11.6. The molecule has 0 amide bonds. The average molecular weight is 282 g/mol. The summed E-state index contributed by atoms with van der Waals surface area (Å²) in [6, 6.07) is 0. The molecule has 0 saturated heterocycles. The van der Waals surface area contributed by atoms with Gasteiger partial charge in [-0.3, -0.25) is 0 Å². The van der Waals surface area contributed by atoms with Crippen LogP contribution in [0.1, 0.15) is 38.5 Å². The largest absolute Gasteiger partial charge is 0.466 e. The van der Waals surface area contributed by atoms with Crippen LogP contribution >= 0.6 is 0 Å². The maximum Gasteiger partial charge on any atom is 0.356 e. The minimum absolute atomic E-state index is 0.433. The SMILES string of the molecule is COC(=O)/C=C1\C2=C(CCCCCC2)OC1(OC)OC. The van der Waals surface area contributed by atoms with E-state index < -0.39 is 11.9 Å². The van der Waals surface area contributed by atoms with Gasteiger partial charge in [0.25, 0.3) is 0 Å². The summed E-state index contributed by atoms with van der Waals surface area (Å²) in [5, 5.41) is 0. The Labute approximate surface area is 119 Å². The highest BCUT2D eigenvalue weighted by Crippen LogP contribution is 2.45. The molecular formula is C15H22O5. The zero-order chi connectivity index (χ0) is 14.6.